The zero-order chi connectivity index (χ0) is 29.1. The van der Waals surface area contributed by atoms with Crippen LogP contribution in [0.15, 0.2) is 55.2 Å². The Labute approximate surface area is 235 Å². The van der Waals surface area contributed by atoms with Crippen molar-refractivity contribution in [1.82, 2.24) is 34.8 Å². The quantitative estimate of drug-likeness (QED) is 0.323. The zero-order valence-corrected chi connectivity index (χ0v) is 22.9. The van der Waals surface area contributed by atoms with Gasteiger partial charge in [-0.05, 0) is 57.9 Å². The Morgan fingerprint density at radius 2 is 1.83 bits per heavy atom. The molecule has 13 heteroatoms. The van der Waals surface area contributed by atoms with Gasteiger partial charge in [0, 0.05) is 49.3 Å². The predicted octanol–water partition coefficient (Wildman–Crippen LogP) is 4.98. The molecule has 0 aromatic carbocycles. The molecule has 1 aliphatic rings. The van der Waals surface area contributed by atoms with Crippen molar-refractivity contribution in [1.29, 1.82) is 0 Å². The molecule has 4 aromatic heterocycles. The highest BCUT2D eigenvalue weighted by molar-refractivity contribution is 6.03. The van der Waals surface area contributed by atoms with Crippen molar-refractivity contribution in [3.8, 4) is 16.9 Å². The number of nitrogens with one attached hydrogen (secondary N) is 2. The van der Waals surface area contributed by atoms with Crippen molar-refractivity contribution in [3.05, 3.63) is 72.2 Å². The maximum atomic E-state index is 13.0. The van der Waals surface area contributed by atoms with E-state index in [4.69, 9.17) is 0 Å². The molecule has 0 saturated carbocycles. The molecule has 0 unspecified atom stereocenters. The Kier molecular flexibility index (Phi) is 7.97. The van der Waals surface area contributed by atoms with E-state index in [1.54, 1.807) is 31.6 Å². The molecule has 0 radical (unpaired) electrons. The van der Waals surface area contributed by atoms with Crippen LogP contribution in [0, 0.1) is 6.92 Å². The standard InChI is InChI=1S/C28H30F3N9O/c1-17(2)39-8-5-21(6-9-39)35-22-10-19(13-32-14-22)25-16-40(38-37-25)26-12-23(15-34-18(26)3)36-27(41)24-11-20(4-7-33-24)28(29,30)31/h4,7,10-17,21,35H,5-6,8-9H2,1-3H3,(H,36,41). The summed E-state index contributed by atoms with van der Waals surface area (Å²) >= 11 is 0. The number of aromatic nitrogens is 6. The number of halogens is 3. The van der Waals surface area contributed by atoms with Crippen molar-refractivity contribution in [3.63, 3.8) is 0 Å². The monoisotopic (exact) mass is 565 g/mol. The Hall–Kier alpha value is -4.39. The number of hydrogen-bond acceptors (Lipinski definition) is 8. The van der Waals surface area contributed by atoms with E-state index in [1.807, 2.05) is 6.07 Å². The van der Waals surface area contributed by atoms with Gasteiger partial charge in [-0.15, -0.1) is 5.10 Å². The second kappa shape index (κ2) is 11.6. The van der Waals surface area contributed by atoms with Gasteiger partial charge in [0.15, 0.2) is 0 Å². The van der Waals surface area contributed by atoms with Gasteiger partial charge in [0.05, 0.1) is 40.7 Å². The lowest BCUT2D eigenvalue weighted by Gasteiger charge is -2.35. The minimum atomic E-state index is -4.59. The van der Waals surface area contributed by atoms with E-state index < -0.39 is 17.6 Å². The highest BCUT2D eigenvalue weighted by atomic mass is 19.4. The first-order valence-corrected chi connectivity index (χ1v) is 13.3. The Bertz CT molecular complexity index is 1530. The van der Waals surface area contributed by atoms with Crippen LogP contribution in [-0.2, 0) is 6.18 Å². The molecule has 5 heterocycles. The average Bonchev–Trinajstić information content (AvgIpc) is 3.44. The molecular weight excluding hydrogens is 535 g/mol. The smallest absolute Gasteiger partial charge is 0.381 e. The molecule has 4 aromatic rings. The maximum absolute atomic E-state index is 13.0. The lowest BCUT2D eigenvalue weighted by molar-refractivity contribution is -0.137. The number of pyridine rings is 3. The summed E-state index contributed by atoms with van der Waals surface area (Å²) in [5, 5.41) is 14.7. The fourth-order valence-electron chi connectivity index (χ4n) is 4.72. The fraction of sp³-hybridized carbons (Fsp3) is 0.357. The van der Waals surface area contributed by atoms with Gasteiger partial charge >= 0.3 is 6.18 Å². The largest absolute Gasteiger partial charge is 0.416 e. The summed E-state index contributed by atoms with van der Waals surface area (Å²) in [6.45, 7) is 8.32. The van der Waals surface area contributed by atoms with E-state index in [-0.39, 0.29) is 11.4 Å². The van der Waals surface area contributed by atoms with Crippen LogP contribution in [0.2, 0.25) is 0 Å². The van der Waals surface area contributed by atoms with E-state index in [9.17, 15) is 18.0 Å². The molecule has 214 valence electrons. The van der Waals surface area contributed by atoms with Gasteiger partial charge in [-0.1, -0.05) is 5.21 Å². The fourth-order valence-corrected chi connectivity index (χ4v) is 4.72. The van der Waals surface area contributed by atoms with Gasteiger partial charge in [-0.25, -0.2) is 4.68 Å². The number of carbonyl (C=O) groups is 1. The summed E-state index contributed by atoms with van der Waals surface area (Å²) in [4.78, 5) is 27.5. The van der Waals surface area contributed by atoms with E-state index in [0.29, 0.717) is 35.2 Å². The van der Waals surface area contributed by atoms with E-state index in [1.165, 1.54) is 10.9 Å². The van der Waals surface area contributed by atoms with Crippen molar-refractivity contribution < 1.29 is 18.0 Å². The SMILES string of the molecule is Cc1ncc(NC(=O)c2cc(C(F)(F)F)ccn2)cc1-n1cc(-c2cncc(NC3CCN(C(C)C)CC3)c2)nn1. The number of likely N-dealkylation sites (tertiary alicyclic amines) is 1. The molecule has 0 aliphatic carbocycles. The number of anilines is 2. The van der Waals surface area contributed by atoms with E-state index in [2.05, 4.69) is 54.6 Å². The lowest BCUT2D eigenvalue weighted by atomic mass is 10.0. The van der Waals surface area contributed by atoms with Crippen LogP contribution >= 0.6 is 0 Å². The van der Waals surface area contributed by atoms with Crippen LogP contribution in [0.3, 0.4) is 0 Å². The Morgan fingerprint density at radius 3 is 2.56 bits per heavy atom. The molecule has 0 bridgehead atoms. The Balaban J connectivity index is 1.29. The molecule has 0 spiro atoms. The number of alkyl halides is 3. The predicted molar refractivity (Wildman–Crippen MR) is 148 cm³/mol. The van der Waals surface area contributed by atoms with Crippen molar-refractivity contribution in [2.24, 2.45) is 0 Å². The number of aryl methyl sites for hydroxylation is 1. The van der Waals surface area contributed by atoms with E-state index in [0.717, 1.165) is 49.4 Å². The van der Waals surface area contributed by atoms with Crippen molar-refractivity contribution in [2.75, 3.05) is 23.7 Å². The van der Waals surface area contributed by atoms with Crippen LogP contribution in [0.25, 0.3) is 16.9 Å². The zero-order valence-electron chi connectivity index (χ0n) is 22.9. The summed E-state index contributed by atoms with van der Waals surface area (Å²) in [5.74, 6) is -0.794. The third kappa shape index (κ3) is 6.68. The molecule has 1 fully saturated rings. The first kappa shape index (κ1) is 28.1. The number of carbonyl (C=O) groups excluding carboxylic acids is 1. The summed E-state index contributed by atoms with van der Waals surface area (Å²) in [6.07, 6.45) is 5.12. The summed E-state index contributed by atoms with van der Waals surface area (Å²) in [5.41, 5.74) is 2.38. The first-order valence-electron chi connectivity index (χ1n) is 13.3. The molecule has 0 atom stereocenters. The van der Waals surface area contributed by atoms with Crippen LogP contribution in [-0.4, -0.2) is 65.9 Å². The number of nitrogens with zero attached hydrogens (tertiary/aromatic N) is 7. The molecule has 1 saturated heterocycles. The van der Waals surface area contributed by atoms with Crippen molar-refractivity contribution >= 4 is 17.3 Å². The second-order valence-electron chi connectivity index (χ2n) is 10.3. The number of rotatable bonds is 7. The van der Waals surface area contributed by atoms with Crippen LogP contribution in [0.5, 0.6) is 0 Å². The van der Waals surface area contributed by atoms with Crippen molar-refractivity contribution in [2.45, 2.75) is 51.9 Å². The van der Waals surface area contributed by atoms with Crippen LogP contribution in [0.4, 0.5) is 24.5 Å². The van der Waals surface area contributed by atoms with Gasteiger partial charge in [-0.2, -0.15) is 13.2 Å². The summed E-state index contributed by atoms with van der Waals surface area (Å²) in [7, 11) is 0. The van der Waals surface area contributed by atoms with Crippen LogP contribution in [0.1, 0.15) is 48.4 Å². The third-order valence-electron chi connectivity index (χ3n) is 7.04. The molecule has 10 nitrogen and oxygen atoms in total. The lowest BCUT2D eigenvalue weighted by Crippen LogP contribution is -2.42. The number of piperidine rings is 1. The Morgan fingerprint density at radius 1 is 1.05 bits per heavy atom. The van der Waals surface area contributed by atoms with Gasteiger partial charge in [0.25, 0.3) is 5.91 Å². The minimum absolute atomic E-state index is 0.267. The molecule has 2 N–H and O–H groups in total. The number of amides is 1. The molecule has 1 aliphatic heterocycles. The van der Waals surface area contributed by atoms with Gasteiger partial charge in [0.2, 0.25) is 0 Å². The highest BCUT2D eigenvalue weighted by Gasteiger charge is 2.31. The maximum Gasteiger partial charge on any atom is 0.416 e. The topological polar surface area (TPSA) is 114 Å². The molecule has 5 rings (SSSR count). The van der Waals surface area contributed by atoms with Crippen LogP contribution < -0.4 is 10.6 Å². The second-order valence-corrected chi connectivity index (χ2v) is 10.3. The highest BCUT2D eigenvalue weighted by Crippen LogP contribution is 2.29. The molecular formula is C28H30F3N9O. The molecule has 1 amide bonds. The molecule has 41 heavy (non-hydrogen) atoms. The van der Waals surface area contributed by atoms with Gasteiger partial charge < -0.3 is 15.5 Å². The van der Waals surface area contributed by atoms with Gasteiger partial charge in [-0.3, -0.25) is 19.7 Å². The normalized spacial score (nSPS) is 14.8. The summed E-state index contributed by atoms with van der Waals surface area (Å²) in [6, 6.07) is 6.03. The summed E-state index contributed by atoms with van der Waals surface area (Å²) < 4.78 is 40.6. The van der Waals surface area contributed by atoms with Gasteiger partial charge in [0.1, 0.15) is 11.4 Å². The number of hydrogen-bond donors (Lipinski definition) is 2. The third-order valence-corrected chi connectivity index (χ3v) is 7.04. The first-order chi connectivity index (χ1) is 19.6. The average molecular weight is 566 g/mol. The van der Waals surface area contributed by atoms with E-state index >= 15 is 0 Å². The minimum Gasteiger partial charge on any atom is -0.381 e.